The highest BCUT2D eigenvalue weighted by atomic mass is 35.5. The molecule has 2 aromatic carbocycles. The fraction of sp³-hybridized carbons (Fsp3) is 0.143. The van der Waals surface area contributed by atoms with Gasteiger partial charge in [0, 0.05) is 23.4 Å². The second-order valence-corrected chi connectivity index (χ2v) is 5.58. The Morgan fingerprint density at radius 1 is 1.15 bits per heavy atom. The molecule has 0 radical (unpaired) electrons. The summed E-state index contributed by atoms with van der Waals surface area (Å²) in [5.41, 5.74) is 9.80. The molecule has 20 heavy (non-hydrogen) atoms. The Balaban J connectivity index is 2.65. The summed E-state index contributed by atoms with van der Waals surface area (Å²) >= 11 is 6.10. The molecular weight excluding hydrogens is 301 g/mol. The molecule has 2 aromatic rings. The van der Waals surface area contributed by atoms with Crippen LogP contribution < -0.4 is 11.5 Å². The lowest BCUT2D eigenvalue weighted by Gasteiger charge is -2.18. The maximum absolute atomic E-state index is 13.7. The van der Waals surface area contributed by atoms with Crippen molar-refractivity contribution in [1.29, 1.82) is 0 Å². The topological polar surface area (TPSA) is 52.0 Å². The number of benzene rings is 2. The summed E-state index contributed by atoms with van der Waals surface area (Å²) in [4.78, 5) is 0. The van der Waals surface area contributed by atoms with Gasteiger partial charge in [-0.1, -0.05) is 45.1 Å². The van der Waals surface area contributed by atoms with Gasteiger partial charge in [0.1, 0.15) is 0 Å². The number of alkyl halides is 2. The third-order valence-corrected chi connectivity index (χ3v) is 3.56. The molecule has 106 valence electrons. The van der Waals surface area contributed by atoms with E-state index >= 15 is 0 Å². The van der Waals surface area contributed by atoms with Crippen LogP contribution in [-0.4, -0.2) is 0 Å². The normalized spacial score (nSPS) is 11.7. The van der Waals surface area contributed by atoms with Gasteiger partial charge >= 0.3 is 0 Å². The zero-order valence-corrected chi connectivity index (χ0v) is 12.4. The lowest BCUT2D eigenvalue weighted by Crippen LogP contribution is -2.07. The van der Waals surface area contributed by atoms with Gasteiger partial charge in [-0.2, -0.15) is 8.78 Å². The van der Waals surface area contributed by atoms with E-state index in [1.807, 2.05) is 0 Å². The van der Waals surface area contributed by atoms with Crippen molar-refractivity contribution >= 4 is 26.5 Å². The van der Waals surface area contributed by atoms with Gasteiger partial charge in [-0.05, 0) is 23.3 Å². The maximum atomic E-state index is 13.7. The number of hydrogen-bond acceptors (Lipinski definition) is 2. The Morgan fingerprint density at radius 2 is 1.75 bits per heavy atom. The standard InChI is InChI=1S/C14H14ClF2N2P/c15-12-6-10(19)5-11(14(16,17)20)13(12)9-3-1-8(7-18)2-4-9/h1-6H,7,18-20H2. The minimum Gasteiger partial charge on any atom is -0.399 e. The smallest absolute Gasteiger partial charge is 0.284 e. The van der Waals surface area contributed by atoms with Gasteiger partial charge in [0.15, 0.2) is 0 Å². The lowest BCUT2D eigenvalue weighted by molar-refractivity contribution is 0.105. The number of hydrogen-bond donors (Lipinski definition) is 2. The molecule has 0 aliphatic heterocycles. The highest BCUT2D eigenvalue weighted by molar-refractivity contribution is 7.17. The number of nitrogens with two attached hydrogens (primary N) is 2. The molecule has 0 saturated heterocycles. The Kier molecular flexibility index (Phi) is 4.28. The van der Waals surface area contributed by atoms with E-state index in [-0.39, 0.29) is 21.8 Å². The number of rotatable bonds is 3. The number of nitrogen functional groups attached to an aromatic ring is 1. The van der Waals surface area contributed by atoms with E-state index in [4.69, 9.17) is 23.1 Å². The first-order valence-electron chi connectivity index (χ1n) is 5.88. The van der Waals surface area contributed by atoms with E-state index in [1.165, 1.54) is 21.4 Å². The summed E-state index contributed by atoms with van der Waals surface area (Å²) in [6, 6.07) is 9.72. The van der Waals surface area contributed by atoms with Crippen LogP contribution in [0.1, 0.15) is 11.1 Å². The van der Waals surface area contributed by atoms with Crippen LogP contribution in [0.25, 0.3) is 11.1 Å². The Morgan fingerprint density at radius 3 is 2.25 bits per heavy atom. The Bertz CT molecular complexity index is 624. The van der Waals surface area contributed by atoms with Crippen molar-refractivity contribution < 1.29 is 8.78 Å². The molecule has 0 fully saturated rings. The van der Waals surface area contributed by atoms with Crippen molar-refractivity contribution in [2.24, 2.45) is 5.73 Å². The van der Waals surface area contributed by atoms with E-state index in [2.05, 4.69) is 0 Å². The van der Waals surface area contributed by atoms with Gasteiger partial charge < -0.3 is 11.5 Å². The van der Waals surface area contributed by atoms with Crippen LogP contribution in [-0.2, 0) is 12.2 Å². The third kappa shape index (κ3) is 3.09. The zero-order chi connectivity index (χ0) is 14.9. The van der Waals surface area contributed by atoms with Gasteiger partial charge in [0.25, 0.3) is 5.66 Å². The molecule has 1 atom stereocenters. The summed E-state index contributed by atoms with van der Waals surface area (Å²) in [6.45, 7) is 0.391. The molecule has 4 N–H and O–H groups in total. The van der Waals surface area contributed by atoms with Crippen molar-refractivity contribution in [3.63, 3.8) is 0 Å². The molecule has 0 heterocycles. The molecule has 0 aromatic heterocycles. The van der Waals surface area contributed by atoms with E-state index in [1.54, 1.807) is 24.3 Å². The second kappa shape index (κ2) is 5.65. The van der Waals surface area contributed by atoms with Gasteiger partial charge in [0.2, 0.25) is 0 Å². The fourth-order valence-electron chi connectivity index (χ4n) is 1.99. The van der Waals surface area contributed by atoms with E-state index in [0.29, 0.717) is 12.1 Å². The monoisotopic (exact) mass is 314 g/mol. The summed E-state index contributed by atoms with van der Waals surface area (Å²) in [5.74, 6) is 0. The molecule has 0 amide bonds. The molecule has 0 aliphatic rings. The predicted octanol–water partition coefficient (Wildman–Crippen LogP) is 3.97. The minimum absolute atomic E-state index is 0.197. The van der Waals surface area contributed by atoms with Crippen LogP contribution in [0.15, 0.2) is 36.4 Å². The lowest BCUT2D eigenvalue weighted by atomic mass is 9.98. The average Bonchev–Trinajstić information content (AvgIpc) is 2.37. The highest BCUT2D eigenvalue weighted by Crippen LogP contribution is 2.44. The van der Waals surface area contributed by atoms with Crippen LogP contribution in [0.5, 0.6) is 0 Å². The van der Waals surface area contributed by atoms with Crippen LogP contribution in [0.2, 0.25) is 5.02 Å². The predicted molar refractivity (Wildman–Crippen MR) is 82.8 cm³/mol. The van der Waals surface area contributed by atoms with Gasteiger partial charge in [0.05, 0.1) is 5.02 Å². The summed E-state index contributed by atoms with van der Waals surface area (Å²) in [6.07, 6.45) is 0. The van der Waals surface area contributed by atoms with Crippen LogP contribution in [0, 0.1) is 0 Å². The van der Waals surface area contributed by atoms with Crippen LogP contribution in [0.3, 0.4) is 0 Å². The quantitative estimate of drug-likeness (QED) is 0.665. The van der Waals surface area contributed by atoms with E-state index < -0.39 is 5.66 Å². The molecular formula is C14H14ClF2N2P. The van der Waals surface area contributed by atoms with Gasteiger partial charge in [-0.25, -0.2) is 0 Å². The maximum Gasteiger partial charge on any atom is 0.284 e. The molecule has 2 rings (SSSR count). The highest BCUT2D eigenvalue weighted by Gasteiger charge is 2.30. The first kappa shape index (κ1) is 15.2. The van der Waals surface area contributed by atoms with Crippen molar-refractivity contribution in [2.45, 2.75) is 12.2 Å². The minimum atomic E-state index is -3.11. The van der Waals surface area contributed by atoms with Gasteiger partial charge in [-0.15, -0.1) is 0 Å². The van der Waals surface area contributed by atoms with Gasteiger partial charge in [-0.3, -0.25) is 0 Å². The first-order valence-corrected chi connectivity index (χ1v) is 6.84. The summed E-state index contributed by atoms with van der Waals surface area (Å²) in [7, 11) is 1.51. The van der Waals surface area contributed by atoms with Crippen LogP contribution in [0.4, 0.5) is 14.5 Å². The first-order chi connectivity index (χ1) is 9.32. The zero-order valence-electron chi connectivity index (χ0n) is 10.5. The van der Waals surface area contributed by atoms with Crippen molar-refractivity contribution in [2.75, 3.05) is 5.73 Å². The van der Waals surface area contributed by atoms with Crippen molar-refractivity contribution in [3.05, 3.63) is 52.5 Å². The fourth-order valence-corrected chi connectivity index (χ4v) is 2.56. The van der Waals surface area contributed by atoms with E-state index in [9.17, 15) is 8.78 Å². The molecule has 2 nitrogen and oxygen atoms in total. The second-order valence-electron chi connectivity index (χ2n) is 4.45. The molecule has 0 aliphatic carbocycles. The Hall–Kier alpha value is -1.22. The van der Waals surface area contributed by atoms with Crippen molar-refractivity contribution in [3.8, 4) is 11.1 Å². The van der Waals surface area contributed by atoms with Crippen molar-refractivity contribution in [1.82, 2.24) is 0 Å². The third-order valence-electron chi connectivity index (χ3n) is 2.95. The number of halogens is 3. The molecule has 1 unspecified atom stereocenters. The summed E-state index contributed by atoms with van der Waals surface area (Å²) in [5, 5.41) is 0.197. The molecule has 0 spiro atoms. The Labute approximate surface area is 123 Å². The van der Waals surface area contributed by atoms with Crippen LogP contribution >= 0.6 is 20.8 Å². The molecule has 0 bridgehead atoms. The summed E-state index contributed by atoms with van der Waals surface area (Å²) < 4.78 is 27.5. The number of anilines is 1. The van der Waals surface area contributed by atoms with E-state index in [0.717, 1.165) is 5.56 Å². The SMILES string of the molecule is NCc1ccc(-c2c(Cl)cc(N)cc2C(F)(F)P)cc1. The molecule has 6 heteroatoms. The largest absolute Gasteiger partial charge is 0.399 e. The molecule has 0 saturated carbocycles. The average molecular weight is 315 g/mol.